The van der Waals surface area contributed by atoms with Crippen LogP contribution in [0.25, 0.3) is 0 Å². The molecule has 3 aliphatic rings. The molecule has 4 rings (SSSR count). The van der Waals surface area contributed by atoms with Crippen LogP contribution in [0.5, 0.6) is 0 Å². The molecule has 0 bridgehead atoms. The maximum atomic E-state index is 12.8. The highest BCUT2D eigenvalue weighted by molar-refractivity contribution is 5.89. The lowest BCUT2D eigenvalue weighted by atomic mass is 9.91. The first-order valence-electron chi connectivity index (χ1n) is 10.7. The molecule has 2 aliphatic heterocycles. The van der Waals surface area contributed by atoms with Gasteiger partial charge in [-0.25, -0.2) is 4.79 Å². The van der Waals surface area contributed by atoms with E-state index in [0.717, 1.165) is 32.1 Å². The van der Waals surface area contributed by atoms with E-state index < -0.39 is 55.0 Å². The van der Waals surface area contributed by atoms with Gasteiger partial charge in [-0.3, -0.25) is 0 Å². The van der Waals surface area contributed by atoms with E-state index in [-0.39, 0.29) is 0 Å². The zero-order valence-corrected chi connectivity index (χ0v) is 17.0. The SMILES string of the molecule is C=CC[C@@H]1O[C@@H]([C@H](O)CO)[C@H]2OC3(CCCCC3)O[C@H]2[C@H]1OC(=O)c1ccccc1. The summed E-state index contributed by atoms with van der Waals surface area (Å²) in [4.78, 5) is 12.8. The second kappa shape index (κ2) is 9.16. The number of rotatable bonds is 6. The quantitative estimate of drug-likeness (QED) is 0.541. The van der Waals surface area contributed by atoms with Crippen LogP contribution in [0.4, 0.5) is 0 Å². The van der Waals surface area contributed by atoms with Gasteiger partial charge in [-0.05, 0) is 31.4 Å². The van der Waals surface area contributed by atoms with Crippen LogP contribution in [0.1, 0.15) is 48.9 Å². The molecule has 1 aromatic rings. The number of esters is 1. The van der Waals surface area contributed by atoms with Crippen molar-refractivity contribution in [2.45, 2.75) is 80.9 Å². The van der Waals surface area contributed by atoms with Gasteiger partial charge in [-0.1, -0.05) is 30.7 Å². The summed E-state index contributed by atoms with van der Waals surface area (Å²) < 4.78 is 24.8. The van der Waals surface area contributed by atoms with Gasteiger partial charge in [0.05, 0.1) is 12.2 Å². The van der Waals surface area contributed by atoms with Gasteiger partial charge in [0, 0.05) is 12.8 Å². The van der Waals surface area contributed by atoms with Gasteiger partial charge in [0.1, 0.15) is 30.5 Å². The van der Waals surface area contributed by atoms with Gasteiger partial charge in [0.2, 0.25) is 0 Å². The number of benzene rings is 1. The van der Waals surface area contributed by atoms with E-state index in [1.165, 1.54) is 0 Å². The van der Waals surface area contributed by atoms with Crippen molar-refractivity contribution in [2.75, 3.05) is 6.61 Å². The van der Waals surface area contributed by atoms with Crippen LogP contribution in [0.3, 0.4) is 0 Å². The molecule has 3 fully saturated rings. The summed E-state index contributed by atoms with van der Waals surface area (Å²) in [6.07, 6.45) is 2.24. The molecule has 1 aromatic carbocycles. The molecule has 7 nitrogen and oxygen atoms in total. The average Bonchev–Trinajstić information content (AvgIpc) is 3.14. The second-order valence-electron chi connectivity index (χ2n) is 8.29. The number of carbonyl (C=O) groups excluding carboxylic acids is 1. The summed E-state index contributed by atoms with van der Waals surface area (Å²) in [5.41, 5.74) is 0.440. The third kappa shape index (κ3) is 4.18. The van der Waals surface area contributed by atoms with Crippen LogP contribution in [0, 0.1) is 0 Å². The number of hydrogen-bond donors (Lipinski definition) is 2. The molecular weight excluding hydrogens is 388 g/mol. The molecule has 2 heterocycles. The second-order valence-corrected chi connectivity index (χ2v) is 8.29. The van der Waals surface area contributed by atoms with Gasteiger partial charge < -0.3 is 29.2 Å². The van der Waals surface area contributed by atoms with Crippen molar-refractivity contribution >= 4 is 5.97 Å². The molecule has 30 heavy (non-hydrogen) atoms. The molecule has 0 aromatic heterocycles. The van der Waals surface area contributed by atoms with E-state index in [0.29, 0.717) is 12.0 Å². The maximum absolute atomic E-state index is 12.8. The number of aliphatic hydroxyl groups is 2. The fourth-order valence-corrected chi connectivity index (χ4v) is 4.74. The average molecular weight is 418 g/mol. The summed E-state index contributed by atoms with van der Waals surface area (Å²) >= 11 is 0. The van der Waals surface area contributed by atoms with Crippen molar-refractivity contribution in [1.82, 2.24) is 0 Å². The predicted molar refractivity (Wildman–Crippen MR) is 108 cm³/mol. The first-order chi connectivity index (χ1) is 14.6. The van der Waals surface area contributed by atoms with Crippen molar-refractivity contribution in [1.29, 1.82) is 0 Å². The van der Waals surface area contributed by atoms with E-state index in [2.05, 4.69) is 6.58 Å². The monoisotopic (exact) mass is 418 g/mol. The van der Waals surface area contributed by atoms with Crippen molar-refractivity contribution in [3.63, 3.8) is 0 Å². The van der Waals surface area contributed by atoms with E-state index in [1.54, 1.807) is 30.3 Å². The summed E-state index contributed by atoms with van der Waals surface area (Å²) in [5.74, 6) is -1.23. The Morgan fingerprint density at radius 3 is 2.57 bits per heavy atom. The Labute approximate surface area is 176 Å². The van der Waals surface area contributed by atoms with Gasteiger partial charge in [0.25, 0.3) is 0 Å². The third-order valence-corrected chi connectivity index (χ3v) is 6.20. The third-order valence-electron chi connectivity index (χ3n) is 6.20. The fourth-order valence-electron chi connectivity index (χ4n) is 4.74. The summed E-state index contributed by atoms with van der Waals surface area (Å²) in [7, 11) is 0. The Morgan fingerprint density at radius 2 is 1.90 bits per heavy atom. The topological polar surface area (TPSA) is 94.5 Å². The van der Waals surface area contributed by atoms with Gasteiger partial charge >= 0.3 is 5.97 Å². The largest absolute Gasteiger partial charge is 0.453 e. The Balaban J connectivity index is 1.62. The molecule has 0 amide bonds. The first-order valence-corrected chi connectivity index (χ1v) is 10.7. The smallest absolute Gasteiger partial charge is 0.338 e. The lowest BCUT2D eigenvalue weighted by Crippen LogP contribution is -2.61. The van der Waals surface area contributed by atoms with E-state index in [9.17, 15) is 15.0 Å². The van der Waals surface area contributed by atoms with Crippen molar-refractivity contribution in [3.05, 3.63) is 48.6 Å². The maximum Gasteiger partial charge on any atom is 0.338 e. The molecule has 1 saturated carbocycles. The van der Waals surface area contributed by atoms with Crippen LogP contribution >= 0.6 is 0 Å². The van der Waals surface area contributed by atoms with Crippen LogP contribution < -0.4 is 0 Å². The Hall–Kier alpha value is -1.77. The summed E-state index contributed by atoms with van der Waals surface area (Å²) in [6.45, 7) is 3.32. The number of ether oxygens (including phenoxy) is 4. The van der Waals surface area contributed by atoms with E-state index in [4.69, 9.17) is 18.9 Å². The lowest BCUT2D eigenvalue weighted by molar-refractivity contribution is -0.217. The van der Waals surface area contributed by atoms with Crippen LogP contribution in [-0.4, -0.2) is 65.2 Å². The highest BCUT2D eigenvalue weighted by Crippen LogP contribution is 2.46. The van der Waals surface area contributed by atoms with Gasteiger partial charge in [0.15, 0.2) is 11.9 Å². The number of carbonyl (C=O) groups is 1. The molecule has 0 unspecified atom stereocenters. The Kier molecular flexibility index (Phi) is 6.55. The molecule has 2 saturated heterocycles. The van der Waals surface area contributed by atoms with E-state index >= 15 is 0 Å². The van der Waals surface area contributed by atoms with Gasteiger partial charge in [-0.2, -0.15) is 0 Å². The van der Waals surface area contributed by atoms with Gasteiger partial charge in [-0.15, -0.1) is 6.58 Å². The summed E-state index contributed by atoms with van der Waals surface area (Å²) in [5, 5.41) is 20.0. The molecule has 1 spiro atoms. The number of hydrogen-bond acceptors (Lipinski definition) is 7. The van der Waals surface area contributed by atoms with Crippen LogP contribution in [-0.2, 0) is 18.9 Å². The summed E-state index contributed by atoms with van der Waals surface area (Å²) in [6, 6.07) is 8.77. The van der Waals surface area contributed by atoms with Crippen molar-refractivity contribution in [3.8, 4) is 0 Å². The highest BCUT2D eigenvalue weighted by Gasteiger charge is 2.60. The molecule has 7 heteroatoms. The van der Waals surface area contributed by atoms with Crippen LogP contribution in [0.2, 0.25) is 0 Å². The lowest BCUT2D eigenvalue weighted by Gasteiger charge is -2.42. The first kappa shape index (κ1) is 21.5. The number of aliphatic hydroxyl groups excluding tert-OH is 2. The molecule has 1 aliphatic carbocycles. The van der Waals surface area contributed by atoms with E-state index in [1.807, 2.05) is 6.07 Å². The van der Waals surface area contributed by atoms with Crippen LogP contribution in [0.15, 0.2) is 43.0 Å². The minimum absolute atomic E-state index is 0.404. The fraction of sp³-hybridized carbons (Fsp3) is 0.609. The zero-order valence-electron chi connectivity index (χ0n) is 17.0. The minimum atomic E-state index is -1.13. The zero-order chi connectivity index (χ0) is 21.1. The normalized spacial score (nSPS) is 33.6. The number of fused-ring (bicyclic) bond motifs is 1. The molecule has 6 atom stereocenters. The van der Waals surface area contributed by atoms with Crippen molar-refractivity contribution in [2.24, 2.45) is 0 Å². The minimum Gasteiger partial charge on any atom is -0.453 e. The molecule has 0 radical (unpaired) electrons. The Bertz CT molecular complexity index is 730. The predicted octanol–water partition coefficient (Wildman–Crippen LogP) is 2.35. The molecular formula is C23H30O7. The standard InChI is InChI=1S/C23H30O7/c1-2-9-17-19(28-22(26)15-10-5-3-6-11-15)21-20(18(27-17)16(25)14-24)29-23(30-21)12-7-4-8-13-23/h2-3,5-6,10-11,16-21,24-25H,1,4,7-9,12-14H2/t16-,17+,18+,19+,20-,21+/m1/s1. The highest BCUT2D eigenvalue weighted by atomic mass is 16.8. The molecule has 2 N–H and O–H groups in total. The van der Waals surface area contributed by atoms with Crippen molar-refractivity contribution < 1.29 is 34.0 Å². The Morgan fingerprint density at radius 1 is 1.20 bits per heavy atom. The molecule has 164 valence electrons.